The van der Waals surface area contributed by atoms with Crippen molar-refractivity contribution >= 4 is 11.9 Å². The van der Waals surface area contributed by atoms with Gasteiger partial charge in [0.1, 0.15) is 36.6 Å². The third-order valence-electron chi connectivity index (χ3n) is 15.1. The number of hydrogen-bond donors (Lipinski definition) is 4. The van der Waals surface area contributed by atoms with E-state index in [2.05, 4.69) is 62.3 Å². The fourth-order valence-corrected chi connectivity index (χ4v) is 12.0. The first-order valence-corrected chi connectivity index (χ1v) is 18.2. The maximum atomic E-state index is 13.2. The molecule has 0 amide bonds. The second-order valence-electron chi connectivity index (χ2n) is 17.9. The summed E-state index contributed by atoms with van der Waals surface area (Å²) < 4.78 is 18.2. The molecular weight excluding hydrogens is 616 g/mol. The van der Waals surface area contributed by atoms with Crippen molar-refractivity contribution in [3.05, 3.63) is 11.1 Å². The molecular formula is C38H61O10-. The molecule has 0 aromatic rings. The van der Waals surface area contributed by atoms with E-state index in [1.807, 2.05) is 0 Å². The van der Waals surface area contributed by atoms with Crippen LogP contribution in [0.4, 0.5) is 0 Å². The standard InChI is InChI=1S/C38H62O10/c1-19(2)20(3)35(7)15-16-37(9)23-11-12-26-34(5,6)31(48-33-29(43)28(42)27(41)25(18-39)47-33)24(46-21(4)40)17-36(26,8)22(23)13-14-38(37,10)30(35)32(44)45/h19-20,24-31,33,39,41-43H,11-18H2,1-10H3,(H,44,45)/p-1/t20-,24-,25-,26+,27-,28+,29-,30-,31+,33+,35-,36-,37-,38+/m1/s1. The fourth-order valence-electron chi connectivity index (χ4n) is 12.0. The molecule has 0 bridgehead atoms. The van der Waals surface area contributed by atoms with Crippen molar-refractivity contribution in [1.29, 1.82) is 0 Å². The number of carbonyl (C=O) groups is 2. The van der Waals surface area contributed by atoms with Crippen molar-refractivity contribution in [2.24, 2.45) is 50.7 Å². The van der Waals surface area contributed by atoms with Gasteiger partial charge in [-0.1, -0.05) is 73.5 Å². The summed E-state index contributed by atoms with van der Waals surface area (Å²) >= 11 is 0. The summed E-state index contributed by atoms with van der Waals surface area (Å²) in [4.78, 5) is 25.8. The van der Waals surface area contributed by atoms with Crippen LogP contribution in [0, 0.1) is 50.7 Å². The lowest BCUT2D eigenvalue weighted by Crippen LogP contribution is -2.66. The minimum absolute atomic E-state index is 0.0881. The molecule has 1 heterocycles. The van der Waals surface area contributed by atoms with E-state index in [9.17, 15) is 35.1 Å². The molecule has 0 spiro atoms. The Bertz CT molecular complexity index is 1290. The third-order valence-corrected chi connectivity index (χ3v) is 15.1. The van der Waals surface area contributed by atoms with Gasteiger partial charge in [0.25, 0.3) is 0 Å². The van der Waals surface area contributed by atoms with Gasteiger partial charge >= 0.3 is 5.97 Å². The van der Waals surface area contributed by atoms with Crippen LogP contribution in [0.5, 0.6) is 0 Å². The maximum Gasteiger partial charge on any atom is 0.302 e. The Morgan fingerprint density at radius 2 is 1.58 bits per heavy atom. The Morgan fingerprint density at radius 3 is 2.15 bits per heavy atom. The van der Waals surface area contributed by atoms with E-state index in [1.165, 1.54) is 18.1 Å². The quantitative estimate of drug-likeness (QED) is 0.231. The van der Waals surface area contributed by atoms with Crippen LogP contribution in [-0.2, 0) is 23.8 Å². The van der Waals surface area contributed by atoms with Crippen LogP contribution in [0.2, 0.25) is 0 Å². The van der Waals surface area contributed by atoms with E-state index in [-0.39, 0.29) is 28.1 Å². The van der Waals surface area contributed by atoms with E-state index in [0.717, 1.165) is 38.5 Å². The smallest absolute Gasteiger partial charge is 0.302 e. The molecule has 4 aliphatic carbocycles. The number of fused-ring (bicyclic) bond motifs is 4. The van der Waals surface area contributed by atoms with E-state index in [0.29, 0.717) is 12.3 Å². The Morgan fingerprint density at radius 1 is 0.938 bits per heavy atom. The number of hydrogen-bond acceptors (Lipinski definition) is 10. The maximum absolute atomic E-state index is 13.2. The number of aliphatic hydroxyl groups excluding tert-OH is 4. The molecule has 0 radical (unpaired) electrons. The minimum Gasteiger partial charge on any atom is -0.550 e. The summed E-state index contributed by atoms with van der Waals surface area (Å²) in [6.45, 7) is 20.5. The zero-order chi connectivity index (χ0) is 35.9. The highest BCUT2D eigenvalue weighted by atomic mass is 16.7. The van der Waals surface area contributed by atoms with Gasteiger partial charge in [-0.3, -0.25) is 4.79 Å². The van der Waals surface area contributed by atoms with Gasteiger partial charge in [-0.15, -0.1) is 0 Å². The van der Waals surface area contributed by atoms with E-state index in [1.54, 1.807) is 0 Å². The second-order valence-corrected chi connectivity index (χ2v) is 17.9. The molecule has 2 saturated carbocycles. The normalized spacial score (nSPS) is 47.9. The highest BCUT2D eigenvalue weighted by Crippen LogP contribution is 2.73. The Kier molecular flexibility index (Phi) is 9.88. The predicted octanol–water partition coefficient (Wildman–Crippen LogP) is 3.51. The number of rotatable bonds is 7. The van der Waals surface area contributed by atoms with Crippen LogP contribution in [0.15, 0.2) is 11.1 Å². The molecule has 274 valence electrons. The molecule has 10 nitrogen and oxygen atoms in total. The lowest BCUT2D eigenvalue weighted by molar-refractivity contribution is -0.336. The van der Waals surface area contributed by atoms with Gasteiger partial charge in [0.2, 0.25) is 0 Å². The first-order valence-electron chi connectivity index (χ1n) is 18.2. The molecule has 5 aliphatic rings. The zero-order valence-corrected chi connectivity index (χ0v) is 30.7. The topological polar surface area (TPSA) is 166 Å². The predicted molar refractivity (Wildman–Crippen MR) is 176 cm³/mol. The van der Waals surface area contributed by atoms with Gasteiger partial charge in [0.15, 0.2) is 6.29 Å². The average molecular weight is 678 g/mol. The lowest BCUT2D eigenvalue weighted by atomic mass is 9.36. The first-order chi connectivity index (χ1) is 22.1. The zero-order valence-electron chi connectivity index (χ0n) is 30.7. The number of carbonyl (C=O) groups excluding carboxylic acids is 2. The van der Waals surface area contributed by atoms with Gasteiger partial charge in [0, 0.05) is 18.8 Å². The number of aliphatic hydroxyl groups is 4. The summed E-state index contributed by atoms with van der Waals surface area (Å²) in [6, 6.07) is 0. The summed E-state index contributed by atoms with van der Waals surface area (Å²) in [5, 5.41) is 54.7. The molecule has 1 aliphatic heterocycles. The largest absolute Gasteiger partial charge is 0.550 e. The third kappa shape index (κ3) is 5.42. The van der Waals surface area contributed by atoms with Crippen LogP contribution in [-0.4, -0.2) is 81.9 Å². The molecule has 0 aromatic heterocycles. The van der Waals surface area contributed by atoms with E-state index >= 15 is 0 Å². The van der Waals surface area contributed by atoms with Crippen LogP contribution in [0.25, 0.3) is 0 Å². The van der Waals surface area contributed by atoms with E-state index < -0.39 is 78.2 Å². The van der Waals surface area contributed by atoms with Crippen molar-refractivity contribution in [3.8, 4) is 0 Å². The highest BCUT2D eigenvalue weighted by molar-refractivity contribution is 5.71. The molecule has 14 atom stereocenters. The summed E-state index contributed by atoms with van der Waals surface area (Å²) in [5.41, 5.74) is 0.539. The molecule has 3 fully saturated rings. The second kappa shape index (κ2) is 12.6. The average Bonchev–Trinajstić information content (AvgIpc) is 2.98. The van der Waals surface area contributed by atoms with Crippen molar-refractivity contribution in [2.45, 2.75) is 157 Å². The van der Waals surface area contributed by atoms with Gasteiger partial charge < -0.3 is 44.5 Å². The summed E-state index contributed by atoms with van der Waals surface area (Å²) in [6.07, 6.45) is -3.26. The summed E-state index contributed by atoms with van der Waals surface area (Å²) in [7, 11) is 0. The Hall–Kier alpha value is -1.56. The van der Waals surface area contributed by atoms with Crippen molar-refractivity contribution in [1.82, 2.24) is 0 Å². The number of carboxylic acids is 1. The molecule has 48 heavy (non-hydrogen) atoms. The van der Waals surface area contributed by atoms with Crippen LogP contribution in [0.1, 0.15) is 114 Å². The first kappa shape index (κ1) is 37.7. The number of ether oxygens (including phenoxy) is 3. The molecule has 5 rings (SSSR count). The number of carboxylic acid groups (broad SMARTS) is 1. The highest BCUT2D eigenvalue weighted by Gasteiger charge is 2.67. The number of allylic oxidation sites excluding steroid dienone is 2. The lowest BCUT2D eigenvalue weighted by Gasteiger charge is -2.69. The van der Waals surface area contributed by atoms with Gasteiger partial charge in [-0.05, 0) is 89.8 Å². The number of aliphatic carboxylic acids is 1. The molecule has 10 heteroatoms. The van der Waals surface area contributed by atoms with Crippen LogP contribution >= 0.6 is 0 Å². The van der Waals surface area contributed by atoms with Crippen molar-refractivity contribution in [3.63, 3.8) is 0 Å². The van der Waals surface area contributed by atoms with Crippen LogP contribution in [0.3, 0.4) is 0 Å². The van der Waals surface area contributed by atoms with Crippen molar-refractivity contribution < 1.29 is 49.3 Å². The molecule has 1 saturated heterocycles. The minimum atomic E-state index is -1.59. The SMILES string of the molecule is CC(=O)O[C@@H]1C[C@]2(C)C3=C(CC[C@H]2C(C)(C)[C@H]1O[C@@H]1O[C@H](CO)[C@@H](O)[C@H](O)[C@H]1O)[C@@]1(C)CC[C@](C)([C@H](C)C(C)C)[C@@H](C(=O)[O-])[C@]1(C)CC3. The Labute approximate surface area is 286 Å². The van der Waals surface area contributed by atoms with Gasteiger partial charge in [0.05, 0.1) is 6.61 Å². The van der Waals surface area contributed by atoms with Crippen LogP contribution < -0.4 is 5.11 Å². The van der Waals surface area contributed by atoms with Gasteiger partial charge in [-0.2, -0.15) is 0 Å². The number of esters is 1. The molecule has 0 aromatic carbocycles. The fraction of sp³-hybridized carbons (Fsp3) is 0.895. The van der Waals surface area contributed by atoms with E-state index in [4.69, 9.17) is 14.2 Å². The molecule has 0 unspecified atom stereocenters. The monoisotopic (exact) mass is 677 g/mol. The Balaban J connectivity index is 1.55. The molecule has 4 N–H and O–H groups in total. The van der Waals surface area contributed by atoms with Crippen molar-refractivity contribution in [2.75, 3.05) is 6.61 Å². The van der Waals surface area contributed by atoms with Gasteiger partial charge in [-0.25, -0.2) is 0 Å². The summed E-state index contributed by atoms with van der Waals surface area (Å²) in [5.74, 6) is -1.34.